The second-order valence-corrected chi connectivity index (χ2v) is 8.54. The maximum atomic E-state index is 13.3. The third-order valence-corrected chi connectivity index (χ3v) is 6.38. The summed E-state index contributed by atoms with van der Waals surface area (Å²) in [5.41, 5.74) is 0.798. The second-order valence-electron chi connectivity index (χ2n) is 7.59. The number of amides is 3. The van der Waals surface area contributed by atoms with Gasteiger partial charge in [0.1, 0.15) is 17.8 Å². The summed E-state index contributed by atoms with van der Waals surface area (Å²) in [6, 6.07) is 8.69. The van der Waals surface area contributed by atoms with Crippen molar-refractivity contribution < 1.29 is 28.7 Å². The van der Waals surface area contributed by atoms with Crippen LogP contribution in [0.1, 0.15) is 22.2 Å². The van der Waals surface area contributed by atoms with E-state index in [4.69, 9.17) is 9.47 Å². The van der Waals surface area contributed by atoms with Crippen LogP contribution in [0.15, 0.2) is 41.8 Å². The Morgan fingerprint density at radius 1 is 1.12 bits per heavy atom. The smallest absolute Gasteiger partial charge is 0.328 e. The molecule has 1 aliphatic heterocycles. The van der Waals surface area contributed by atoms with Crippen molar-refractivity contribution in [3.8, 4) is 5.75 Å². The minimum absolute atomic E-state index is 0.0503. The minimum atomic E-state index is -0.956. The van der Waals surface area contributed by atoms with Crippen LogP contribution in [0.3, 0.4) is 0 Å². The summed E-state index contributed by atoms with van der Waals surface area (Å²) in [5, 5.41) is 4.52. The number of benzene rings is 1. The van der Waals surface area contributed by atoms with E-state index in [1.807, 2.05) is 0 Å². The molecule has 0 spiro atoms. The van der Waals surface area contributed by atoms with Crippen molar-refractivity contribution >= 4 is 35.0 Å². The quantitative estimate of drug-likeness (QED) is 0.609. The van der Waals surface area contributed by atoms with E-state index in [2.05, 4.69) is 5.32 Å². The highest BCUT2D eigenvalue weighted by molar-refractivity contribution is 7.12. The first-order chi connectivity index (χ1) is 15.8. The minimum Gasteiger partial charge on any atom is -0.497 e. The van der Waals surface area contributed by atoms with Crippen LogP contribution in [0, 0.1) is 0 Å². The van der Waals surface area contributed by atoms with E-state index in [9.17, 15) is 19.2 Å². The molecule has 0 aliphatic carbocycles. The Hall–Kier alpha value is -3.40. The Morgan fingerprint density at radius 3 is 2.42 bits per heavy atom. The standard InChI is InChI=1S/C23H27N3O6S/c1-15(27)25-10-11-26(22(29)20-5-4-12-33-20)19(14-25)21(28)24-18(23(30)32-3)13-16-6-8-17(31-2)9-7-16/h4-9,12,18-19H,10-11,13-14H2,1-3H3,(H,24,28). The molecule has 2 aromatic rings. The first-order valence-electron chi connectivity index (χ1n) is 10.4. The van der Waals surface area contributed by atoms with E-state index in [1.54, 1.807) is 48.9 Å². The van der Waals surface area contributed by atoms with Gasteiger partial charge in [-0.3, -0.25) is 14.4 Å². The van der Waals surface area contributed by atoms with E-state index in [0.29, 0.717) is 17.2 Å². The molecule has 0 bridgehead atoms. The topological polar surface area (TPSA) is 105 Å². The van der Waals surface area contributed by atoms with E-state index < -0.39 is 24.0 Å². The molecule has 2 unspecified atom stereocenters. The first-order valence-corrected chi connectivity index (χ1v) is 11.3. The molecular weight excluding hydrogens is 446 g/mol. The number of carbonyl (C=O) groups excluding carboxylic acids is 4. The van der Waals surface area contributed by atoms with Crippen LogP contribution in [-0.2, 0) is 25.5 Å². The lowest BCUT2D eigenvalue weighted by Gasteiger charge is -2.40. The maximum Gasteiger partial charge on any atom is 0.328 e. The third-order valence-electron chi connectivity index (χ3n) is 5.52. The summed E-state index contributed by atoms with van der Waals surface area (Å²) in [5.74, 6) is -0.909. The van der Waals surface area contributed by atoms with E-state index in [1.165, 1.54) is 35.2 Å². The van der Waals surface area contributed by atoms with Crippen molar-refractivity contribution in [3.63, 3.8) is 0 Å². The van der Waals surface area contributed by atoms with Crippen molar-refractivity contribution in [2.75, 3.05) is 33.9 Å². The zero-order valence-electron chi connectivity index (χ0n) is 18.8. The summed E-state index contributed by atoms with van der Waals surface area (Å²) in [6.07, 6.45) is 0.199. The normalized spacial score (nSPS) is 16.6. The number of hydrogen-bond donors (Lipinski definition) is 1. The Balaban J connectivity index is 1.80. The van der Waals surface area contributed by atoms with E-state index >= 15 is 0 Å². The molecule has 9 nitrogen and oxygen atoms in total. The van der Waals surface area contributed by atoms with Crippen LogP contribution >= 0.6 is 11.3 Å². The van der Waals surface area contributed by atoms with Crippen molar-refractivity contribution in [3.05, 3.63) is 52.2 Å². The lowest BCUT2D eigenvalue weighted by atomic mass is 10.0. The number of esters is 1. The Labute approximate surface area is 196 Å². The average molecular weight is 474 g/mol. The van der Waals surface area contributed by atoms with Gasteiger partial charge in [0, 0.05) is 26.4 Å². The number of hydrogen-bond acceptors (Lipinski definition) is 7. The Kier molecular flexibility index (Phi) is 8.05. The highest BCUT2D eigenvalue weighted by Crippen LogP contribution is 2.19. The summed E-state index contributed by atoms with van der Waals surface area (Å²) in [7, 11) is 2.81. The molecule has 33 heavy (non-hydrogen) atoms. The zero-order valence-corrected chi connectivity index (χ0v) is 19.6. The lowest BCUT2D eigenvalue weighted by Crippen LogP contribution is -2.62. The molecule has 1 aromatic heterocycles. The molecule has 0 saturated carbocycles. The summed E-state index contributed by atoms with van der Waals surface area (Å²) < 4.78 is 10.0. The van der Waals surface area contributed by atoms with Crippen LogP contribution < -0.4 is 10.1 Å². The molecule has 1 aliphatic rings. The number of ether oxygens (including phenoxy) is 2. The molecule has 1 N–H and O–H groups in total. The van der Waals surface area contributed by atoms with Gasteiger partial charge < -0.3 is 24.6 Å². The second kappa shape index (κ2) is 11.0. The van der Waals surface area contributed by atoms with Gasteiger partial charge in [-0.2, -0.15) is 0 Å². The van der Waals surface area contributed by atoms with Gasteiger partial charge >= 0.3 is 5.97 Å². The fourth-order valence-corrected chi connectivity index (χ4v) is 4.36. The number of nitrogens with one attached hydrogen (secondary N) is 1. The highest BCUT2D eigenvalue weighted by Gasteiger charge is 2.38. The molecule has 10 heteroatoms. The first kappa shape index (κ1) is 24.2. The van der Waals surface area contributed by atoms with Gasteiger partial charge in [0.2, 0.25) is 11.8 Å². The molecule has 3 rings (SSSR count). The maximum absolute atomic E-state index is 13.3. The number of carbonyl (C=O) groups is 4. The molecule has 1 aromatic carbocycles. The summed E-state index contributed by atoms with van der Waals surface area (Å²) in [4.78, 5) is 54.2. The molecule has 1 fully saturated rings. The van der Waals surface area contributed by atoms with Gasteiger partial charge in [0.15, 0.2) is 0 Å². The lowest BCUT2D eigenvalue weighted by molar-refractivity contribution is -0.146. The fourth-order valence-electron chi connectivity index (χ4n) is 3.68. The van der Waals surface area contributed by atoms with Gasteiger partial charge in [-0.05, 0) is 29.1 Å². The van der Waals surface area contributed by atoms with Gasteiger partial charge in [0.25, 0.3) is 5.91 Å². The molecule has 2 heterocycles. The summed E-state index contributed by atoms with van der Waals surface area (Å²) in [6.45, 7) is 2.03. The predicted molar refractivity (Wildman–Crippen MR) is 122 cm³/mol. The van der Waals surface area contributed by atoms with Crippen LogP contribution in [0.4, 0.5) is 0 Å². The summed E-state index contributed by atoms with van der Waals surface area (Å²) >= 11 is 1.28. The van der Waals surface area contributed by atoms with Gasteiger partial charge in [0.05, 0.1) is 25.6 Å². The van der Waals surface area contributed by atoms with Crippen LogP contribution in [0.25, 0.3) is 0 Å². The molecular formula is C23H27N3O6S. The average Bonchev–Trinajstić information content (AvgIpc) is 3.37. The van der Waals surface area contributed by atoms with Crippen LogP contribution in [0.5, 0.6) is 5.75 Å². The number of thiophene rings is 1. The Bertz CT molecular complexity index is 992. The zero-order chi connectivity index (χ0) is 24.0. The third kappa shape index (κ3) is 5.89. The fraction of sp³-hybridized carbons (Fsp3) is 0.391. The van der Waals surface area contributed by atoms with Crippen molar-refractivity contribution in [2.45, 2.75) is 25.4 Å². The predicted octanol–water partition coefficient (Wildman–Crippen LogP) is 1.33. The monoisotopic (exact) mass is 473 g/mol. The van der Waals surface area contributed by atoms with Crippen molar-refractivity contribution in [2.24, 2.45) is 0 Å². The molecule has 1 saturated heterocycles. The molecule has 3 amide bonds. The van der Waals surface area contributed by atoms with Gasteiger partial charge in [-0.1, -0.05) is 18.2 Å². The number of piperazine rings is 1. The SMILES string of the molecule is COC(=O)C(Cc1ccc(OC)cc1)NC(=O)C1CN(C(C)=O)CCN1C(=O)c1cccs1. The number of nitrogens with zero attached hydrogens (tertiary/aromatic N) is 2. The molecule has 176 valence electrons. The Morgan fingerprint density at radius 2 is 1.85 bits per heavy atom. The van der Waals surface area contributed by atoms with Crippen molar-refractivity contribution in [1.29, 1.82) is 0 Å². The number of rotatable bonds is 7. The highest BCUT2D eigenvalue weighted by atomic mass is 32.1. The van der Waals surface area contributed by atoms with Crippen LogP contribution in [-0.4, -0.2) is 79.4 Å². The molecule has 0 radical (unpaired) electrons. The van der Waals surface area contributed by atoms with E-state index in [-0.39, 0.29) is 31.3 Å². The van der Waals surface area contributed by atoms with Gasteiger partial charge in [-0.25, -0.2) is 4.79 Å². The van der Waals surface area contributed by atoms with Crippen molar-refractivity contribution in [1.82, 2.24) is 15.1 Å². The van der Waals surface area contributed by atoms with Crippen LogP contribution in [0.2, 0.25) is 0 Å². The largest absolute Gasteiger partial charge is 0.497 e. The van der Waals surface area contributed by atoms with Gasteiger partial charge in [-0.15, -0.1) is 11.3 Å². The molecule has 2 atom stereocenters. The number of methoxy groups -OCH3 is 2. The van der Waals surface area contributed by atoms with E-state index in [0.717, 1.165) is 5.56 Å².